The van der Waals surface area contributed by atoms with Crippen LogP contribution >= 0.6 is 0 Å². The molecule has 21 N–H and O–H groups in total. The van der Waals surface area contributed by atoms with Gasteiger partial charge in [0.25, 0.3) is 0 Å². The molecule has 0 aliphatic carbocycles. The molecule has 44 nitrogen and oxygen atoms in total. The first-order valence-corrected chi connectivity index (χ1v) is 46.0. The number of likely N-dealkylation sites (tertiary alicyclic amines) is 1. The molecule has 0 bridgehead atoms. The summed E-state index contributed by atoms with van der Waals surface area (Å²) in [6, 6.07) is -4.42. The monoisotopic (exact) mass is 1850 g/mol. The second-order valence-electron chi connectivity index (χ2n) is 33.4. The lowest BCUT2D eigenvalue weighted by Gasteiger charge is -2.46. The number of β-amino-alcohol motifs (C(OH)–C–C–N with tert-alkyl or cyclic N) is 1. The van der Waals surface area contributed by atoms with Crippen molar-refractivity contribution in [1.29, 1.82) is 0 Å². The molecule has 742 valence electrons. The number of rotatable bonds is 65. The van der Waals surface area contributed by atoms with E-state index >= 15 is 0 Å². The van der Waals surface area contributed by atoms with Crippen LogP contribution in [-0.4, -0.2) is 373 Å². The van der Waals surface area contributed by atoms with E-state index in [4.69, 9.17) is 47.4 Å². The Kier molecular flexibility index (Phi) is 55.6. The number of ether oxygens (including phenoxy) is 10. The molecule has 12 amide bonds. The number of nitrogens with one attached hydrogen (secondary N) is 11. The van der Waals surface area contributed by atoms with E-state index in [-0.39, 0.29) is 160 Å². The first-order valence-electron chi connectivity index (χ1n) is 46.0. The van der Waals surface area contributed by atoms with Gasteiger partial charge < -0.3 is 162 Å². The van der Waals surface area contributed by atoms with E-state index in [9.17, 15) is 109 Å². The molecule has 129 heavy (non-hydrogen) atoms. The molecular formula is C85H150N12O32. The number of hydrogen-bond donors (Lipinski definition) is 21. The maximum absolute atomic E-state index is 14.0. The third kappa shape index (κ3) is 43.2. The van der Waals surface area contributed by atoms with Crippen molar-refractivity contribution in [2.75, 3.05) is 112 Å². The summed E-state index contributed by atoms with van der Waals surface area (Å²) in [5.41, 5.74) is 0. The van der Waals surface area contributed by atoms with Gasteiger partial charge >= 0.3 is 0 Å². The maximum atomic E-state index is 14.0. The lowest BCUT2D eigenvalue weighted by Crippen LogP contribution is -2.69. The highest BCUT2D eigenvalue weighted by Gasteiger charge is 2.51. The molecule has 5 fully saturated rings. The SMILES string of the molecule is CC[C@@H]1C[C@@H](O)CN1C(=O)CCCCCCCCCCCCC(=O)N[C@@H]1O[C@H](COCCC(=O)NCCCNC(=O)CCCCO[C@@H]2O[C@H](CO)[C@H](O)[C@H](O)[C@H]2NC(C)=O)[C@@H](OCCC(=O)NCCCNC(=O)CCCCO[C@@H]2O[C@H](CO)[C@H](O)[C@H](O)[C@H]2NC(C)=O)[C@H](OCCC(=O)NCCCNC(=O)CCCCO[C@@H]2O[C@H](CO)[C@H](O)[C@H](O)[C@H]2NC(C)=O)[C@H]1NC(C)=O. The third-order valence-corrected chi connectivity index (χ3v) is 22.6. The molecule has 5 heterocycles. The highest BCUT2D eigenvalue weighted by molar-refractivity contribution is 5.80. The zero-order valence-corrected chi connectivity index (χ0v) is 75.6. The Bertz CT molecular complexity index is 3310. The van der Waals surface area contributed by atoms with Gasteiger partial charge in [-0.05, 0) is 83.5 Å². The van der Waals surface area contributed by atoms with Crippen molar-refractivity contribution in [1.82, 2.24) is 63.4 Å². The van der Waals surface area contributed by atoms with Gasteiger partial charge in [-0.3, -0.25) is 57.5 Å². The lowest BCUT2D eigenvalue weighted by atomic mass is 9.94. The number of carbonyl (C=O) groups excluding carboxylic acids is 12. The lowest BCUT2D eigenvalue weighted by molar-refractivity contribution is -0.270. The second kappa shape index (κ2) is 63.9. The van der Waals surface area contributed by atoms with Crippen molar-refractivity contribution >= 4 is 70.9 Å². The molecule has 44 heteroatoms. The number of aliphatic hydroxyl groups is 10. The van der Waals surface area contributed by atoms with E-state index in [1.54, 1.807) is 0 Å². The van der Waals surface area contributed by atoms with Crippen LogP contribution < -0.4 is 58.5 Å². The van der Waals surface area contributed by atoms with Crippen molar-refractivity contribution < 1.29 is 156 Å². The quantitative estimate of drug-likeness (QED) is 0.0256. The van der Waals surface area contributed by atoms with Crippen molar-refractivity contribution in [3.8, 4) is 0 Å². The van der Waals surface area contributed by atoms with Crippen molar-refractivity contribution in [3.05, 3.63) is 0 Å². The molecule has 5 aliphatic rings. The average molecular weight is 1850 g/mol. The Morgan fingerprint density at radius 3 is 1.00 bits per heavy atom. The summed E-state index contributed by atoms with van der Waals surface area (Å²) in [6.07, 6.45) is -7.19. The molecule has 0 unspecified atom stereocenters. The number of carbonyl (C=O) groups is 12. The van der Waals surface area contributed by atoms with Gasteiger partial charge in [0, 0.05) is 151 Å². The topological polar surface area (TPSA) is 635 Å². The van der Waals surface area contributed by atoms with Crippen LogP contribution in [0.2, 0.25) is 0 Å². The molecule has 0 aromatic heterocycles. The number of amides is 12. The summed E-state index contributed by atoms with van der Waals surface area (Å²) >= 11 is 0. The first kappa shape index (κ1) is 112. The van der Waals surface area contributed by atoms with Crippen LogP contribution in [0.4, 0.5) is 0 Å². The Hall–Kier alpha value is -7.16. The van der Waals surface area contributed by atoms with Gasteiger partial charge in [0.1, 0.15) is 97.4 Å². The molecule has 0 aromatic carbocycles. The van der Waals surface area contributed by atoms with Crippen LogP contribution in [0.5, 0.6) is 0 Å². The van der Waals surface area contributed by atoms with E-state index in [1.165, 1.54) is 27.7 Å². The Morgan fingerprint density at radius 1 is 0.326 bits per heavy atom. The fourth-order valence-corrected chi connectivity index (χ4v) is 15.6. The average Bonchev–Trinajstić information content (AvgIpc) is 1.25. The van der Waals surface area contributed by atoms with Gasteiger partial charge in [0.2, 0.25) is 70.9 Å². The van der Waals surface area contributed by atoms with Crippen LogP contribution in [0.25, 0.3) is 0 Å². The smallest absolute Gasteiger partial charge is 0.222 e. The predicted molar refractivity (Wildman–Crippen MR) is 458 cm³/mol. The van der Waals surface area contributed by atoms with Gasteiger partial charge in [-0.2, -0.15) is 0 Å². The van der Waals surface area contributed by atoms with Crippen LogP contribution in [0, 0.1) is 0 Å². The number of unbranched alkanes of at least 4 members (excludes halogenated alkanes) is 12. The van der Waals surface area contributed by atoms with Crippen LogP contribution in [0.1, 0.15) is 221 Å². The molecule has 22 atom stereocenters. The summed E-state index contributed by atoms with van der Waals surface area (Å²) in [5, 5.41) is 132. The summed E-state index contributed by atoms with van der Waals surface area (Å²) in [5.74, 6) is -4.49. The molecule has 0 spiro atoms. The van der Waals surface area contributed by atoms with E-state index in [0.29, 0.717) is 83.6 Å². The van der Waals surface area contributed by atoms with Crippen molar-refractivity contribution in [2.24, 2.45) is 0 Å². The summed E-state index contributed by atoms with van der Waals surface area (Å²) in [6.45, 7) is 5.79. The maximum Gasteiger partial charge on any atom is 0.222 e. The molecular weight excluding hydrogens is 1700 g/mol. The molecule has 5 rings (SSSR count). The number of aliphatic hydroxyl groups excluding tert-OH is 10. The molecule has 0 radical (unpaired) electrons. The fraction of sp³-hybridized carbons (Fsp3) is 0.859. The van der Waals surface area contributed by atoms with Gasteiger partial charge in [0.15, 0.2) is 25.1 Å². The minimum absolute atomic E-state index is 0.0545. The molecule has 0 saturated carbocycles. The highest BCUT2D eigenvalue weighted by atomic mass is 16.7. The Balaban J connectivity index is 1.17. The largest absolute Gasteiger partial charge is 0.394 e. The van der Waals surface area contributed by atoms with Crippen LogP contribution in [0.3, 0.4) is 0 Å². The molecule has 5 saturated heterocycles. The van der Waals surface area contributed by atoms with E-state index < -0.39 is 196 Å². The number of nitrogens with zero attached hydrogens (tertiary/aromatic N) is 1. The molecule has 5 aliphatic heterocycles. The van der Waals surface area contributed by atoms with E-state index in [2.05, 4.69) is 58.5 Å². The van der Waals surface area contributed by atoms with Gasteiger partial charge in [-0.1, -0.05) is 58.3 Å². The summed E-state index contributed by atoms with van der Waals surface area (Å²) in [4.78, 5) is 156. The van der Waals surface area contributed by atoms with E-state index in [1.807, 2.05) is 11.8 Å². The van der Waals surface area contributed by atoms with Crippen molar-refractivity contribution in [2.45, 2.75) is 355 Å². The van der Waals surface area contributed by atoms with Gasteiger partial charge in [-0.25, -0.2) is 0 Å². The van der Waals surface area contributed by atoms with Crippen LogP contribution in [-0.2, 0) is 105 Å². The normalized spacial score (nSPS) is 27.4. The van der Waals surface area contributed by atoms with Crippen molar-refractivity contribution in [3.63, 3.8) is 0 Å². The first-order chi connectivity index (χ1) is 61.9. The Morgan fingerprint density at radius 2 is 0.643 bits per heavy atom. The molecule has 0 aromatic rings. The predicted octanol–water partition coefficient (Wildman–Crippen LogP) is -4.40. The number of hydrogen-bond acceptors (Lipinski definition) is 32. The fourth-order valence-electron chi connectivity index (χ4n) is 15.6. The summed E-state index contributed by atoms with van der Waals surface area (Å²) in [7, 11) is 0. The second-order valence-corrected chi connectivity index (χ2v) is 33.4. The third-order valence-electron chi connectivity index (χ3n) is 22.6. The van der Waals surface area contributed by atoms with Crippen LogP contribution in [0.15, 0.2) is 0 Å². The standard InChI is InChI=1S/C85H150N12O32/c1-6-56-46-57(105)47-97(56)69(113)30-16-14-12-10-8-7-9-11-13-15-29-68(112)96-82-73(95-55(5)104)81(122-45-33-67(111)91-39-25-36-88-64(108)28-19-22-42-125-85-72(94-54(4)103)79(119)76(116)60(50-100)129-85)80(121-44-32-66(110)90-38-24-35-87-63(107)27-18-21-41-124-84-71(93-53(3)102)78(118)75(115)59(49-99)128-84)61(126-82)51-120-43-31-65(109)89-37-23-34-86-62(106)26-17-20-40-123-83-70(92-52(2)101)77(117)74(114)58(48-98)127-83/h56-61,70-85,98-100,105,114-119H,6-51H2,1-5H3,(H,86,106)(H,87,107)(H,88,108)(H,89,109)(H,90,110)(H,91,111)(H,92,101)(H,93,102)(H,94,103)(H,95,104)(H,96,112)/t56-,57-,58-,59-,60-,61-,70-,71-,72-,73-,74+,75+,76+,77-,78-,79-,80-,81-,82-,83-,84-,85-/m1/s1. The Labute approximate surface area is 754 Å². The van der Waals surface area contributed by atoms with E-state index in [0.717, 1.165) is 64.2 Å². The minimum Gasteiger partial charge on any atom is -0.394 e. The highest BCUT2D eigenvalue weighted by Crippen LogP contribution is 2.30. The zero-order valence-electron chi connectivity index (χ0n) is 75.6. The summed E-state index contributed by atoms with van der Waals surface area (Å²) < 4.78 is 59.7. The van der Waals surface area contributed by atoms with Gasteiger partial charge in [0.05, 0.1) is 52.4 Å². The van der Waals surface area contributed by atoms with Gasteiger partial charge in [-0.15, -0.1) is 0 Å². The minimum atomic E-state index is -1.48. The zero-order chi connectivity index (χ0) is 94.6.